The minimum absolute atomic E-state index is 0.0751. The molecule has 2 aromatic heterocycles. The number of fused-ring (bicyclic) bond motifs is 2. The monoisotopic (exact) mass is 634 g/mol. The number of aromatic carboxylic acids is 1. The molecule has 7 rings (SSSR count). The average molecular weight is 635 g/mol. The number of hydrogen-bond donors (Lipinski definition) is 1. The Bertz CT molecular complexity index is 2240. The van der Waals surface area contributed by atoms with Gasteiger partial charge in [0.25, 0.3) is 5.56 Å². The van der Waals surface area contributed by atoms with Crippen molar-refractivity contribution in [2.45, 2.75) is 19.9 Å². The van der Waals surface area contributed by atoms with Crippen LogP contribution in [0.25, 0.3) is 23.1 Å². The molecule has 0 aliphatic carbocycles. The number of benzene rings is 3. The second-order valence-corrected chi connectivity index (χ2v) is 11.6. The summed E-state index contributed by atoms with van der Waals surface area (Å²) in [4.78, 5) is 44.5. The second kappa shape index (κ2) is 11.7. The number of aromatic nitrogens is 1. The summed E-state index contributed by atoms with van der Waals surface area (Å²) < 4.78 is 24.6. The van der Waals surface area contributed by atoms with Crippen LogP contribution in [0.15, 0.2) is 98.6 Å². The van der Waals surface area contributed by atoms with Gasteiger partial charge in [0, 0.05) is 17.2 Å². The molecular formula is C35H26N2O8S. The highest BCUT2D eigenvalue weighted by molar-refractivity contribution is 7.07. The topological polar surface area (TPSA) is 130 Å². The van der Waals surface area contributed by atoms with Crippen LogP contribution in [0.1, 0.15) is 45.8 Å². The number of carboxylic acids is 1. The van der Waals surface area contributed by atoms with Gasteiger partial charge in [0.15, 0.2) is 16.3 Å². The van der Waals surface area contributed by atoms with Crippen molar-refractivity contribution in [1.29, 1.82) is 0 Å². The summed E-state index contributed by atoms with van der Waals surface area (Å²) in [7, 11) is 0. The summed E-state index contributed by atoms with van der Waals surface area (Å²) in [5.74, 6) is 0.448. The quantitative estimate of drug-likeness (QED) is 0.250. The number of hydrogen-bond acceptors (Lipinski definition) is 9. The smallest absolute Gasteiger partial charge is 0.338 e. The summed E-state index contributed by atoms with van der Waals surface area (Å²) >= 11 is 1.18. The second-order valence-electron chi connectivity index (χ2n) is 10.6. The molecule has 230 valence electrons. The van der Waals surface area contributed by atoms with Crippen LogP contribution in [0, 0.1) is 6.92 Å². The lowest BCUT2D eigenvalue weighted by Crippen LogP contribution is -2.40. The van der Waals surface area contributed by atoms with Gasteiger partial charge in [0.05, 0.1) is 34.0 Å². The number of carbonyl (C=O) groups excluding carboxylic acids is 1. The van der Waals surface area contributed by atoms with Crippen molar-refractivity contribution in [2.24, 2.45) is 4.99 Å². The molecule has 0 radical (unpaired) electrons. The Labute approximate surface area is 265 Å². The Hall–Kier alpha value is -5.68. The summed E-state index contributed by atoms with van der Waals surface area (Å²) in [6, 6.07) is 22.1. The van der Waals surface area contributed by atoms with Gasteiger partial charge < -0.3 is 23.7 Å². The van der Waals surface area contributed by atoms with Crippen LogP contribution in [0.5, 0.6) is 11.5 Å². The molecule has 10 nitrogen and oxygen atoms in total. The van der Waals surface area contributed by atoms with Gasteiger partial charge in [-0.1, -0.05) is 53.8 Å². The number of rotatable bonds is 7. The highest BCUT2D eigenvalue weighted by Gasteiger charge is 2.36. The first-order chi connectivity index (χ1) is 22.3. The van der Waals surface area contributed by atoms with E-state index in [1.54, 1.807) is 55.5 Å². The number of carbonyl (C=O) groups is 2. The normalized spacial score (nSPS) is 15.4. The Balaban J connectivity index is 1.40. The fourth-order valence-electron chi connectivity index (χ4n) is 5.62. The Morgan fingerprint density at radius 3 is 2.61 bits per heavy atom. The van der Waals surface area contributed by atoms with Gasteiger partial charge in [-0.15, -0.1) is 0 Å². The van der Waals surface area contributed by atoms with Crippen molar-refractivity contribution in [3.63, 3.8) is 0 Å². The molecule has 0 bridgehead atoms. The third-order valence-corrected chi connectivity index (χ3v) is 8.71. The molecule has 11 heteroatoms. The molecule has 1 N–H and O–H groups in total. The number of thiazole rings is 1. The van der Waals surface area contributed by atoms with Gasteiger partial charge in [-0.25, -0.2) is 14.6 Å². The Morgan fingerprint density at radius 2 is 1.85 bits per heavy atom. The SMILES string of the molecule is CCOC(=O)C1=C(c2ccccc2)N=c2s/c(=C\c3ccc(-c4ccc(C(=O)O)cc4C)o3)c(=O)n2[C@H]1c1ccc2c(c1)OCO2. The number of ether oxygens (including phenoxy) is 3. The van der Waals surface area contributed by atoms with Crippen molar-refractivity contribution < 1.29 is 33.3 Å². The van der Waals surface area contributed by atoms with E-state index in [-0.39, 0.29) is 30.1 Å². The molecule has 4 heterocycles. The molecule has 0 unspecified atom stereocenters. The fraction of sp³-hybridized carbons (Fsp3) is 0.143. The van der Waals surface area contributed by atoms with Crippen LogP contribution in [-0.4, -0.2) is 35.0 Å². The molecule has 0 fully saturated rings. The van der Waals surface area contributed by atoms with Gasteiger partial charge in [-0.3, -0.25) is 9.36 Å². The van der Waals surface area contributed by atoms with Crippen LogP contribution in [0.3, 0.4) is 0 Å². The first-order valence-corrected chi connectivity index (χ1v) is 15.3. The third-order valence-electron chi connectivity index (χ3n) is 7.73. The molecule has 1 atom stereocenters. The summed E-state index contributed by atoms with van der Waals surface area (Å²) in [6.45, 7) is 3.75. The first-order valence-electron chi connectivity index (χ1n) is 14.4. The lowest BCUT2D eigenvalue weighted by molar-refractivity contribution is -0.138. The van der Waals surface area contributed by atoms with Crippen molar-refractivity contribution >= 4 is 35.0 Å². The van der Waals surface area contributed by atoms with E-state index in [1.165, 1.54) is 22.0 Å². The maximum absolute atomic E-state index is 14.2. The lowest BCUT2D eigenvalue weighted by Gasteiger charge is -2.26. The number of aryl methyl sites for hydroxylation is 1. The van der Waals surface area contributed by atoms with E-state index in [0.29, 0.717) is 49.2 Å². The largest absolute Gasteiger partial charge is 0.478 e. The van der Waals surface area contributed by atoms with E-state index >= 15 is 0 Å². The van der Waals surface area contributed by atoms with Crippen LogP contribution < -0.4 is 24.4 Å². The predicted molar refractivity (Wildman–Crippen MR) is 169 cm³/mol. The van der Waals surface area contributed by atoms with E-state index < -0.39 is 18.0 Å². The van der Waals surface area contributed by atoms with Crippen molar-refractivity contribution in [1.82, 2.24) is 4.57 Å². The van der Waals surface area contributed by atoms with E-state index in [0.717, 1.165) is 11.1 Å². The van der Waals surface area contributed by atoms with Crippen LogP contribution >= 0.6 is 11.3 Å². The van der Waals surface area contributed by atoms with Crippen molar-refractivity contribution in [3.05, 3.63) is 132 Å². The van der Waals surface area contributed by atoms with Gasteiger partial charge in [-0.05, 0) is 61.4 Å². The molecule has 2 aliphatic heterocycles. The summed E-state index contributed by atoms with van der Waals surface area (Å²) in [5, 5.41) is 9.31. The van der Waals surface area contributed by atoms with Gasteiger partial charge in [-0.2, -0.15) is 0 Å². The Kier molecular flexibility index (Phi) is 7.37. The minimum Gasteiger partial charge on any atom is -0.478 e. The van der Waals surface area contributed by atoms with E-state index in [9.17, 15) is 19.5 Å². The molecule has 5 aromatic rings. The van der Waals surface area contributed by atoms with E-state index in [1.807, 2.05) is 37.3 Å². The summed E-state index contributed by atoms with van der Waals surface area (Å²) in [6.07, 6.45) is 1.64. The molecule has 0 saturated carbocycles. The first kappa shape index (κ1) is 29.1. The maximum atomic E-state index is 14.2. The van der Waals surface area contributed by atoms with Gasteiger partial charge in [0.1, 0.15) is 11.5 Å². The van der Waals surface area contributed by atoms with E-state index in [2.05, 4.69) is 0 Å². The average Bonchev–Trinajstić information content (AvgIpc) is 3.80. The third kappa shape index (κ3) is 5.10. The molecule has 3 aromatic carbocycles. The number of carboxylic acid groups (broad SMARTS) is 1. The van der Waals surface area contributed by atoms with Crippen molar-refractivity contribution in [2.75, 3.05) is 13.4 Å². The molecule has 0 saturated heterocycles. The van der Waals surface area contributed by atoms with Gasteiger partial charge in [0.2, 0.25) is 6.79 Å². The van der Waals surface area contributed by atoms with E-state index in [4.69, 9.17) is 23.6 Å². The predicted octanol–water partition coefficient (Wildman–Crippen LogP) is 4.93. The standard InChI is InChI=1S/C35H26N2O8S/c1-3-42-34(41)29-30(20-7-5-4-6-8-20)36-35-37(31(29)21-10-13-26-27(16-21)44-18-43-26)32(38)28(46-35)17-23-11-14-25(45-23)24-12-9-22(33(39)40)15-19(24)2/h4-17,31H,3,18H2,1-2H3,(H,39,40)/b28-17-/t31-/m0/s1. The highest BCUT2D eigenvalue weighted by Crippen LogP contribution is 2.40. The van der Waals surface area contributed by atoms with Gasteiger partial charge >= 0.3 is 11.9 Å². The molecule has 0 amide bonds. The number of esters is 1. The minimum atomic E-state index is -1.01. The summed E-state index contributed by atoms with van der Waals surface area (Å²) in [5.41, 5.74) is 3.27. The van der Waals surface area contributed by atoms with Crippen molar-refractivity contribution in [3.8, 4) is 22.8 Å². The fourth-order valence-corrected chi connectivity index (χ4v) is 6.60. The van der Waals surface area contributed by atoms with Crippen LogP contribution in [0.4, 0.5) is 0 Å². The van der Waals surface area contributed by atoms with Crippen LogP contribution in [0.2, 0.25) is 0 Å². The number of furan rings is 1. The zero-order chi connectivity index (χ0) is 31.9. The maximum Gasteiger partial charge on any atom is 0.338 e. The molecule has 46 heavy (non-hydrogen) atoms. The number of nitrogens with zero attached hydrogens (tertiary/aromatic N) is 2. The zero-order valence-electron chi connectivity index (χ0n) is 24.7. The lowest BCUT2D eigenvalue weighted by atomic mass is 9.93. The molecule has 2 aliphatic rings. The Morgan fingerprint density at radius 1 is 1.04 bits per heavy atom. The highest BCUT2D eigenvalue weighted by atomic mass is 32.1. The molecule has 0 spiro atoms. The molecular weight excluding hydrogens is 608 g/mol. The van der Waals surface area contributed by atoms with Crippen LogP contribution in [-0.2, 0) is 9.53 Å². The zero-order valence-corrected chi connectivity index (χ0v) is 25.5.